The van der Waals surface area contributed by atoms with Crippen molar-refractivity contribution in [3.8, 4) is 0 Å². The third kappa shape index (κ3) is 2.26. The minimum absolute atomic E-state index is 0.0698. The van der Waals surface area contributed by atoms with E-state index in [4.69, 9.17) is 11.6 Å². The standard InChI is InChI=1S/C14H16ClF2N/c15-13-9(2-1-3-12(13)16)6-14(17)7-10-4-5-11(8-14)18-10/h1-3,10-11,18H,4-8H2. The highest BCUT2D eigenvalue weighted by atomic mass is 35.5. The normalized spacial score (nSPS) is 34.8. The molecule has 3 rings (SSSR count). The van der Waals surface area contributed by atoms with Gasteiger partial charge in [0.2, 0.25) is 0 Å². The highest BCUT2D eigenvalue weighted by Gasteiger charge is 2.44. The van der Waals surface area contributed by atoms with Crippen LogP contribution >= 0.6 is 11.6 Å². The molecule has 2 saturated heterocycles. The van der Waals surface area contributed by atoms with Crippen LogP contribution in [0, 0.1) is 5.82 Å². The average Bonchev–Trinajstić information content (AvgIpc) is 2.65. The summed E-state index contributed by atoms with van der Waals surface area (Å²) in [5, 5.41) is 3.48. The van der Waals surface area contributed by atoms with Gasteiger partial charge in [0.05, 0.1) is 5.02 Å². The van der Waals surface area contributed by atoms with Crippen LogP contribution < -0.4 is 5.32 Å². The van der Waals surface area contributed by atoms with Gasteiger partial charge in [-0.2, -0.15) is 0 Å². The van der Waals surface area contributed by atoms with Crippen molar-refractivity contribution >= 4 is 11.6 Å². The van der Waals surface area contributed by atoms with Crippen LogP contribution in [0.1, 0.15) is 31.2 Å². The lowest BCUT2D eigenvalue weighted by Crippen LogP contribution is -2.47. The lowest BCUT2D eigenvalue weighted by atomic mass is 9.84. The van der Waals surface area contributed by atoms with Crippen molar-refractivity contribution in [1.29, 1.82) is 0 Å². The quantitative estimate of drug-likeness (QED) is 0.866. The van der Waals surface area contributed by atoms with Gasteiger partial charge in [-0.05, 0) is 37.3 Å². The Labute approximate surface area is 111 Å². The topological polar surface area (TPSA) is 12.0 Å². The third-order valence-electron chi connectivity index (χ3n) is 4.10. The van der Waals surface area contributed by atoms with Gasteiger partial charge in [0.25, 0.3) is 0 Å². The fourth-order valence-electron chi connectivity index (χ4n) is 3.36. The van der Waals surface area contributed by atoms with Gasteiger partial charge in [0.1, 0.15) is 11.5 Å². The van der Waals surface area contributed by atoms with E-state index in [0.29, 0.717) is 18.4 Å². The van der Waals surface area contributed by atoms with E-state index in [-0.39, 0.29) is 23.5 Å². The van der Waals surface area contributed by atoms with Crippen molar-refractivity contribution in [3.05, 3.63) is 34.6 Å². The van der Waals surface area contributed by atoms with Crippen molar-refractivity contribution in [3.63, 3.8) is 0 Å². The van der Waals surface area contributed by atoms with Gasteiger partial charge >= 0.3 is 0 Å². The number of piperidine rings is 1. The Bertz CT molecular complexity index is 451. The number of alkyl halides is 1. The molecule has 2 bridgehead atoms. The highest BCUT2D eigenvalue weighted by molar-refractivity contribution is 6.31. The number of rotatable bonds is 2. The molecule has 0 radical (unpaired) electrons. The molecule has 18 heavy (non-hydrogen) atoms. The van der Waals surface area contributed by atoms with Crippen LogP contribution in [0.4, 0.5) is 8.78 Å². The second-order valence-corrected chi connectivity index (χ2v) is 5.96. The molecular formula is C14H16ClF2N. The zero-order valence-corrected chi connectivity index (χ0v) is 10.8. The van der Waals surface area contributed by atoms with Gasteiger partial charge in [-0.1, -0.05) is 23.7 Å². The summed E-state index contributed by atoms with van der Waals surface area (Å²) in [6, 6.07) is 5.18. The summed E-state index contributed by atoms with van der Waals surface area (Å²) < 4.78 is 28.2. The van der Waals surface area contributed by atoms with Crippen molar-refractivity contribution in [1.82, 2.24) is 5.32 Å². The largest absolute Gasteiger partial charge is 0.311 e. The van der Waals surface area contributed by atoms with Crippen LogP contribution in [-0.2, 0) is 6.42 Å². The van der Waals surface area contributed by atoms with Gasteiger partial charge in [0, 0.05) is 18.5 Å². The maximum Gasteiger partial charge on any atom is 0.142 e. The highest BCUT2D eigenvalue weighted by Crippen LogP contribution is 2.40. The van der Waals surface area contributed by atoms with E-state index in [1.165, 1.54) is 6.07 Å². The molecule has 0 aliphatic carbocycles. The molecule has 98 valence electrons. The number of halogens is 3. The van der Waals surface area contributed by atoms with Crippen LogP contribution in [0.5, 0.6) is 0 Å². The van der Waals surface area contributed by atoms with Crippen molar-refractivity contribution in [2.45, 2.75) is 49.9 Å². The summed E-state index contributed by atoms with van der Waals surface area (Å²) >= 11 is 5.91. The lowest BCUT2D eigenvalue weighted by Gasteiger charge is -2.35. The SMILES string of the molecule is Fc1cccc(CC2(F)CC3CCC(C2)N3)c1Cl. The van der Waals surface area contributed by atoms with Gasteiger partial charge < -0.3 is 5.32 Å². The first-order chi connectivity index (χ1) is 8.56. The van der Waals surface area contributed by atoms with Crippen LogP contribution in [0.25, 0.3) is 0 Å². The van der Waals surface area contributed by atoms with Crippen molar-refractivity contribution in [2.75, 3.05) is 0 Å². The molecule has 4 heteroatoms. The summed E-state index contributed by atoms with van der Waals surface area (Å²) in [5.41, 5.74) is -0.658. The minimum atomic E-state index is -1.24. The van der Waals surface area contributed by atoms with Crippen LogP contribution in [0.3, 0.4) is 0 Å². The van der Waals surface area contributed by atoms with E-state index in [1.54, 1.807) is 12.1 Å². The number of fused-ring (bicyclic) bond motifs is 2. The third-order valence-corrected chi connectivity index (χ3v) is 4.52. The molecule has 2 aliphatic rings. The Morgan fingerprint density at radius 2 is 1.94 bits per heavy atom. The summed E-state index contributed by atoms with van der Waals surface area (Å²) in [7, 11) is 0. The predicted octanol–water partition coefficient (Wildman–Crippen LogP) is 3.64. The molecule has 2 fully saturated rings. The Hall–Kier alpha value is -0.670. The molecule has 2 unspecified atom stereocenters. The fourth-order valence-corrected chi connectivity index (χ4v) is 3.55. The second kappa shape index (κ2) is 4.46. The first-order valence-electron chi connectivity index (χ1n) is 6.44. The van der Waals surface area contributed by atoms with E-state index >= 15 is 0 Å². The van der Waals surface area contributed by atoms with Gasteiger partial charge in [-0.25, -0.2) is 8.78 Å². The number of hydrogen-bond acceptors (Lipinski definition) is 1. The molecule has 2 atom stereocenters. The van der Waals surface area contributed by atoms with Crippen molar-refractivity contribution in [2.24, 2.45) is 0 Å². The van der Waals surface area contributed by atoms with Crippen LogP contribution in [0.15, 0.2) is 18.2 Å². The summed E-state index contributed by atoms with van der Waals surface area (Å²) in [4.78, 5) is 0. The number of hydrogen-bond donors (Lipinski definition) is 1. The fraction of sp³-hybridized carbons (Fsp3) is 0.571. The lowest BCUT2D eigenvalue weighted by molar-refractivity contribution is 0.0893. The van der Waals surface area contributed by atoms with Crippen molar-refractivity contribution < 1.29 is 8.78 Å². The monoisotopic (exact) mass is 271 g/mol. The van der Waals surface area contributed by atoms with E-state index in [1.807, 2.05) is 0 Å². The molecule has 0 amide bonds. The molecule has 0 saturated carbocycles. The Morgan fingerprint density at radius 3 is 2.61 bits per heavy atom. The predicted molar refractivity (Wildman–Crippen MR) is 68.1 cm³/mol. The average molecular weight is 272 g/mol. The van der Waals surface area contributed by atoms with E-state index in [9.17, 15) is 8.78 Å². The van der Waals surface area contributed by atoms with Crippen LogP contribution in [-0.4, -0.2) is 17.8 Å². The Kier molecular flexibility index (Phi) is 3.07. The molecule has 2 aliphatic heterocycles. The molecule has 1 N–H and O–H groups in total. The minimum Gasteiger partial charge on any atom is -0.311 e. The maximum absolute atomic E-state index is 14.9. The summed E-state index contributed by atoms with van der Waals surface area (Å²) in [6.45, 7) is 0. The molecule has 1 aromatic carbocycles. The summed E-state index contributed by atoms with van der Waals surface area (Å²) in [5.74, 6) is -0.463. The number of benzene rings is 1. The maximum atomic E-state index is 14.9. The second-order valence-electron chi connectivity index (χ2n) is 5.59. The smallest absolute Gasteiger partial charge is 0.142 e. The zero-order chi connectivity index (χ0) is 12.8. The molecule has 1 aromatic rings. The Balaban J connectivity index is 1.81. The molecule has 2 heterocycles. The molecule has 0 aromatic heterocycles. The van der Waals surface area contributed by atoms with Gasteiger partial charge in [0.15, 0.2) is 0 Å². The van der Waals surface area contributed by atoms with E-state index < -0.39 is 11.5 Å². The Morgan fingerprint density at radius 1 is 1.28 bits per heavy atom. The first kappa shape index (κ1) is 12.4. The first-order valence-corrected chi connectivity index (χ1v) is 6.81. The van der Waals surface area contributed by atoms with E-state index in [2.05, 4.69) is 5.32 Å². The number of nitrogens with one attached hydrogen (secondary N) is 1. The molecule has 1 nitrogen and oxygen atoms in total. The van der Waals surface area contributed by atoms with Gasteiger partial charge in [-0.15, -0.1) is 0 Å². The summed E-state index contributed by atoms with van der Waals surface area (Å²) in [6.07, 6.45) is 3.34. The van der Waals surface area contributed by atoms with E-state index in [0.717, 1.165) is 12.8 Å². The van der Waals surface area contributed by atoms with Crippen LogP contribution in [0.2, 0.25) is 5.02 Å². The molecular weight excluding hydrogens is 256 g/mol. The molecule has 0 spiro atoms. The van der Waals surface area contributed by atoms with Gasteiger partial charge in [-0.3, -0.25) is 0 Å². The zero-order valence-electron chi connectivity index (χ0n) is 10.1.